The third-order valence-electron chi connectivity index (χ3n) is 8.33. The minimum atomic E-state index is -0.677. The molecule has 27 heavy (non-hydrogen) atoms. The van der Waals surface area contributed by atoms with Gasteiger partial charge in [0.05, 0.1) is 5.41 Å². The van der Waals surface area contributed by atoms with Gasteiger partial charge in [0, 0.05) is 18.3 Å². The fourth-order valence-corrected chi connectivity index (χ4v) is 6.98. The van der Waals surface area contributed by atoms with E-state index in [-0.39, 0.29) is 28.6 Å². The molecular formula is C21H28N2O4. The Morgan fingerprint density at radius 2 is 1.63 bits per heavy atom. The summed E-state index contributed by atoms with van der Waals surface area (Å²) in [5, 5.41) is 25.4. The molecule has 0 bridgehead atoms. The van der Waals surface area contributed by atoms with E-state index in [1.807, 2.05) is 20.8 Å². The van der Waals surface area contributed by atoms with Crippen molar-refractivity contribution in [2.75, 3.05) is 0 Å². The molecule has 0 spiro atoms. The zero-order valence-corrected chi connectivity index (χ0v) is 16.5. The number of Topliss-reactive ketones (excluding diaryl/α,β-unsaturated/α-hetero) is 2. The lowest BCUT2D eigenvalue weighted by Gasteiger charge is -2.58. The summed E-state index contributed by atoms with van der Waals surface area (Å²) >= 11 is 0. The summed E-state index contributed by atoms with van der Waals surface area (Å²) in [5.41, 5.74) is 0.318. The van der Waals surface area contributed by atoms with Crippen LogP contribution in [0.3, 0.4) is 0 Å². The Labute approximate surface area is 159 Å². The Hall–Kier alpha value is -1.98. The monoisotopic (exact) mass is 372 g/mol. The molecule has 6 nitrogen and oxygen atoms in total. The first-order valence-corrected chi connectivity index (χ1v) is 9.84. The fourth-order valence-electron chi connectivity index (χ4n) is 6.98. The SMILES string of the molecule is CC1(C)C(=O)C(=NO)CC2(C)C1=CCC1C3CC(=NO)C(=O)C3(C)CCC12. The summed E-state index contributed by atoms with van der Waals surface area (Å²) in [6.45, 7) is 8.06. The quantitative estimate of drug-likeness (QED) is 0.385. The van der Waals surface area contributed by atoms with E-state index >= 15 is 0 Å². The van der Waals surface area contributed by atoms with Crippen LogP contribution in [0.25, 0.3) is 0 Å². The van der Waals surface area contributed by atoms with Crippen molar-refractivity contribution >= 4 is 23.0 Å². The molecule has 0 aromatic rings. The molecule has 0 aromatic carbocycles. The number of nitrogens with zero attached hydrogens (tertiary/aromatic N) is 2. The van der Waals surface area contributed by atoms with E-state index in [2.05, 4.69) is 23.3 Å². The van der Waals surface area contributed by atoms with Crippen molar-refractivity contribution < 1.29 is 20.0 Å². The molecule has 5 atom stereocenters. The van der Waals surface area contributed by atoms with Gasteiger partial charge in [0.1, 0.15) is 11.4 Å². The number of oxime groups is 2. The van der Waals surface area contributed by atoms with E-state index in [1.54, 1.807) is 0 Å². The highest BCUT2D eigenvalue weighted by Gasteiger charge is 2.63. The van der Waals surface area contributed by atoms with Crippen LogP contribution in [0.15, 0.2) is 22.0 Å². The van der Waals surface area contributed by atoms with Gasteiger partial charge in [0.25, 0.3) is 0 Å². The van der Waals surface area contributed by atoms with E-state index in [0.29, 0.717) is 30.4 Å². The van der Waals surface area contributed by atoms with Crippen molar-refractivity contribution in [2.45, 2.75) is 59.8 Å². The maximum atomic E-state index is 12.8. The van der Waals surface area contributed by atoms with E-state index in [9.17, 15) is 20.0 Å². The number of carbonyl (C=O) groups is 2. The first kappa shape index (κ1) is 18.4. The summed E-state index contributed by atoms with van der Waals surface area (Å²) in [7, 11) is 0. The van der Waals surface area contributed by atoms with Crippen LogP contribution < -0.4 is 0 Å². The zero-order valence-electron chi connectivity index (χ0n) is 16.5. The lowest BCUT2D eigenvalue weighted by Crippen LogP contribution is -2.56. The van der Waals surface area contributed by atoms with Crippen molar-refractivity contribution in [3.05, 3.63) is 11.6 Å². The minimum Gasteiger partial charge on any atom is -0.411 e. The van der Waals surface area contributed by atoms with Crippen LogP contribution in [0.1, 0.15) is 59.8 Å². The van der Waals surface area contributed by atoms with E-state index in [4.69, 9.17) is 0 Å². The fraction of sp³-hybridized carbons (Fsp3) is 0.714. The Kier molecular flexibility index (Phi) is 3.76. The summed E-state index contributed by atoms with van der Waals surface area (Å²) in [6.07, 6.45) is 5.66. The van der Waals surface area contributed by atoms with Crippen LogP contribution in [0.2, 0.25) is 0 Å². The number of ketones is 2. The average molecular weight is 372 g/mol. The molecule has 0 radical (unpaired) electrons. The van der Waals surface area contributed by atoms with Gasteiger partial charge < -0.3 is 10.4 Å². The molecule has 0 saturated heterocycles. The van der Waals surface area contributed by atoms with Crippen LogP contribution in [0.5, 0.6) is 0 Å². The van der Waals surface area contributed by atoms with Crippen LogP contribution in [-0.2, 0) is 9.59 Å². The molecule has 3 saturated carbocycles. The normalized spacial score (nSPS) is 46.1. The maximum absolute atomic E-state index is 12.8. The van der Waals surface area contributed by atoms with Crippen molar-refractivity contribution in [3.63, 3.8) is 0 Å². The van der Waals surface area contributed by atoms with Gasteiger partial charge in [-0.25, -0.2) is 0 Å². The van der Waals surface area contributed by atoms with Gasteiger partial charge in [-0.15, -0.1) is 0 Å². The number of rotatable bonds is 0. The first-order chi connectivity index (χ1) is 12.6. The predicted molar refractivity (Wildman–Crippen MR) is 100 cm³/mol. The van der Waals surface area contributed by atoms with Crippen LogP contribution in [0, 0.1) is 34.0 Å². The first-order valence-electron chi connectivity index (χ1n) is 9.84. The minimum absolute atomic E-state index is 0.00913. The highest BCUT2D eigenvalue weighted by molar-refractivity contribution is 6.44. The Balaban J connectivity index is 1.80. The van der Waals surface area contributed by atoms with Gasteiger partial charge >= 0.3 is 0 Å². The summed E-state index contributed by atoms with van der Waals surface area (Å²) < 4.78 is 0. The number of fused-ring (bicyclic) bond motifs is 5. The molecule has 4 rings (SSSR count). The molecule has 2 N–H and O–H groups in total. The van der Waals surface area contributed by atoms with E-state index in [0.717, 1.165) is 24.8 Å². The van der Waals surface area contributed by atoms with Crippen molar-refractivity contribution in [1.29, 1.82) is 0 Å². The van der Waals surface area contributed by atoms with Gasteiger partial charge in [0.2, 0.25) is 0 Å². The topological polar surface area (TPSA) is 99.3 Å². The van der Waals surface area contributed by atoms with Gasteiger partial charge in [-0.2, -0.15) is 0 Å². The Bertz CT molecular complexity index is 824. The second kappa shape index (κ2) is 5.52. The highest BCUT2D eigenvalue weighted by atomic mass is 16.4. The van der Waals surface area contributed by atoms with Crippen molar-refractivity contribution in [2.24, 2.45) is 44.3 Å². The van der Waals surface area contributed by atoms with Crippen LogP contribution in [-0.4, -0.2) is 33.4 Å². The molecule has 146 valence electrons. The Morgan fingerprint density at radius 3 is 2.26 bits per heavy atom. The maximum Gasteiger partial charge on any atom is 0.190 e. The van der Waals surface area contributed by atoms with Crippen LogP contribution in [0.4, 0.5) is 0 Å². The molecule has 5 unspecified atom stereocenters. The lowest BCUT2D eigenvalue weighted by molar-refractivity contribution is -0.129. The third kappa shape index (κ3) is 2.13. The number of hydrogen-bond donors (Lipinski definition) is 2. The highest BCUT2D eigenvalue weighted by Crippen LogP contribution is 2.65. The molecule has 3 fully saturated rings. The van der Waals surface area contributed by atoms with Gasteiger partial charge in [-0.1, -0.05) is 35.8 Å². The molecule has 0 amide bonds. The third-order valence-corrected chi connectivity index (χ3v) is 8.33. The van der Waals surface area contributed by atoms with Gasteiger partial charge in [-0.05, 0) is 56.3 Å². The summed E-state index contributed by atoms with van der Waals surface area (Å²) in [5.74, 6) is 0.651. The average Bonchev–Trinajstić information content (AvgIpc) is 2.89. The number of allylic oxidation sites excluding steroid dienone is 2. The Morgan fingerprint density at radius 1 is 0.963 bits per heavy atom. The predicted octanol–water partition coefficient (Wildman–Crippen LogP) is 3.60. The summed E-state index contributed by atoms with van der Waals surface area (Å²) in [4.78, 5) is 25.5. The summed E-state index contributed by atoms with van der Waals surface area (Å²) in [6, 6.07) is 0. The molecule has 4 aliphatic rings. The largest absolute Gasteiger partial charge is 0.411 e. The molecular weight excluding hydrogens is 344 g/mol. The second-order valence-electron chi connectivity index (χ2n) is 9.86. The standard InChI is InChI=1S/C21H28N2O4/c1-19(2)16-6-5-11-12(21(16,4)10-15(23-27)17(19)24)7-8-20(3)13(11)9-14(22-26)18(20)25/h6,11-13,26-27H,5,7-10H2,1-4H3. The van der Waals surface area contributed by atoms with Gasteiger partial charge in [-0.3, -0.25) is 9.59 Å². The van der Waals surface area contributed by atoms with Crippen molar-refractivity contribution in [3.8, 4) is 0 Å². The van der Waals surface area contributed by atoms with Crippen LogP contribution >= 0.6 is 0 Å². The smallest absolute Gasteiger partial charge is 0.190 e. The van der Waals surface area contributed by atoms with E-state index in [1.165, 1.54) is 0 Å². The number of hydrogen-bond acceptors (Lipinski definition) is 6. The zero-order chi connectivity index (χ0) is 19.8. The molecule has 0 aromatic heterocycles. The van der Waals surface area contributed by atoms with Gasteiger partial charge in [0.15, 0.2) is 11.6 Å². The molecule has 0 aliphatic heterocycles. The molecule has 6 heteroatoms. The molecule has 0 heterocycles. The lowest BCUT2D eigenvalue weighted by atomic mass is 9.45. The van der Waals surface area contributed by atoms with Crippen molar-refractivity contribution in [1.82, 2.24) is 0 Å². The second-order valence-corrected chi connectivity index (χ2v) is 9.86. The molecule has 4 aliphatic carbocycles. The number of carbonyl (C=O) groups excluding carboxylic acids is 2. The van der Waals surface area contributed by atoms with E-state index < -0.39 is 10.8 Å².